The van der Waals surface area contributed by atoms with Crippen LogP contribution in [0.2, 0.25) is 0 Å². The van der Waals surface area contributed by atoms with Crippen LogP contribution in [0, 0.1) is 11.3 Å². The van der Waals surface area contributed by atoms with Gasteiger partial charge in [0.15, 0.2) is 5.57 Å². The number of nitriles is 1. The molecule has 1 aromatic carbocycles. The van der Waals surface area contributed by atoms with E-state index in [1.807, 2.05) is 0 Å². The highest BCUT2D eigenvalue weighted by Gasteiger charge is 2.28. The molecular formula is C15H8N4O4S2. The van der Waals surface area contributed by atoms with Crippen molar-refractivity contribution < 1.29 is 14.4 Å². The normalized spacial score (nSPS) is 17.1. The fraction of sp³-hybridized carbons (Fsp3) is 0. The van der Waals surface area contributed by atoms with Crippen molar-refractivity contribution in [2.75, 3.05) is 0 Å². The molecule has 0 saturated carbocycles. The number of carbonyl (C=O) groups is 3. The third kappa shape index (κ3) is 2.86. The summed E-state index contributed by atoms with van der Waals surface area (Å²) in [6.07, 6.45) is 0. The lowest BCUT2D eigenvalue weighted by Gasteiger charge is -2.01. The summed E-state index contributed by atoms with van der Waals surface area (Å²) < 4.78 is 1.09. The summed E-state index contributed by atoms with van der Waals surface area (Å²) in [5.74, 6) is -1.69. The number of thioether (sulfide) groups is 1. The first kappa shape index (κ1) is 16.7. The predicted octanol–water partition coefficient (Wildman–Crippen LogP) is -0.850. The van der Waals surface area contributed by atoms with E-state index >= 15 is 0 Å². The van der Waals surface area contributed by atoms with E-state index in [2.05, 4.69) is 5.32 Å². The number of nitrogens with zero attached hydrogens (tertiary/aromatic N) is 2. The van der Waals surface area contributed by atoms with Gasteiger partial charge in [-0.3, -0.25) is 29.1 Å². The molecule has 1 aromatic heterocycles. The molecule has 10 heteroatoms. The van der Waals surface area contributed by atoms with Crippen LogP contribution in [0.15, 0.2) is 35.1 Å². The van der Waals surface area contributed by atoms with E-state index in [9.17, 15) is 24.4 Å². The average molecular weight is 372 g/mol. The fourth-order valence-electron chi connectivity index (χ4n) is 2.17. The molecule has 0 radical (unpaired) electrons. The molecule has 2 heterocycles. The van der Waals surface area contributed by atoms with E-state index < -0.39 is 28.2 Å². The number of imide groups is 1. The number of amides is 3. The van der Waals surface area contributed by atoms with Gasteiger partial charge < -0.3 is 5.73 Å². The number of carbonyl (C=O) groups excluding carboxylic acids is 3. The third-order valence-electron chi connectivity index (χ3n) is 3.21. The van der Waals surface area contributed by atoms with E-state index in [1.54, 1.807) is 36.4 Å². The van der Waals surface area contributed by atoms with Crippen LogP contribution in [0.4, 0.5) is 4.79 Å². The molecule has 124 valence electrons. The lowest BCUT2D eigenvalue weighted by Crippen LogP contribution is -2.33. The standard InChI is InChI=1S/C15H8N4O4S2/c16-6-8(11(17)20)14-19(7-4-2-1-3-5-7)13(22)10(24-14)9-12(21)18-15(23)25-9/h1-5H,(H2,17,20)(H,18,21,23)/b10-9-,14-8-. The summed E-state index contributed by atoms with van der Waals surface area (Å²) in [4.78, 5) is 47.6. The minimum absolute atomic E-state index is 0.00134. The summed E-state index contributed by atoms with van der Waals surface area (Å²) in [5.41, 5.74) is 4.61. The molecule has 1 saturated heterocycles. The van der Waals surface area contributed by atoms with Crippen molar-refractivity contribution in [1.29, 1.82) is 5.26 Å². The van der Waals surface area contributed by atoms with Crippen LogP contribution in [0.3, 0.4) is 0 Å². The van der Waals surface area contributed by atoms with Gasteiger partial charge >= 0.3 is 0 Å². The van der Waals surface area contributed by atoms with Crippen molar-refractivity contribution >= 4 is 50.6 Å². The Morgan fingerprint density at radius 2 is 1.88 bits per heavy atom. The van der Waals surface area contributed by atoms with Gasteiger partial charge in [-0.25, -0.2) is 0 Å². The molecule has 3 amide bonds. The Labute approximate surface area is 147 Å². The average Bonchev–Trinajstić information content (AvgIpc) is 3.08. The number of nitrogens with two attached hydrogens (primary N) is 1. The summed E-state index contributed by atoms with van der Waals surface area (Å²) in [6, 6.07) is 9.98. The zero-order valence-electron chi connectivity index (χ0n) is 12.3. The molecule has 1 aliphatic rings. The Hall–Kier alpha value is -3.16. The van der Waals surface area contributed by atoms with Crippen LogP contribution in [-0.4, -0.2) is 21.6 Å². The van der Waals surface area contributed by atoms with Crippen LogP contribution in [0.5, 0.6) is 0 Å². The van der Waals surface area contributed by atoms with Gasteiger partial charge in [-0.05, 0) is 23.9 Å². The maximum atomic E-state index is 12.8. The minimum atomic E-state index is -0.996. The van der Waals surface area contributed by atoms with Gasteiger partial charge in [0.25, 0.3) is 22.6 Å². The predicted molar refractivity (Wildman–Crippen MR) is 91.9 cm³/mol. The number of benzene rings is 1. The molecule has 3 N–H and O–H groups in total. The summed E-state index contributed by atoms with van der Waals surface area (Å²) in [6.45, 7) is 0. The fourth-order valence-corrected chi connectivity index (χ4v) is 4.16. The minimum Gasteiger partial charge on any atom is -0.365 e. The highest BCUT2D eigenvalue weighted by molar-refractivity contribution is 8.23. The van der Waals surface area contributed by atoms with Gasteiger partial charge in [-0.2, -0.15) is 5.26 Å². The van der Waals surface area contributed by atoms with Crippen LogP contribution >= 0.6 is 23.1 Å². The highest BCUT2D eigenvalue weighted by Crippen LogP contribution is 2.22. The SMILES string of the molecule is N#C/C(C(N)=O)=c1/s/c(=C2\SC(=O)NC2=O)c(=O)n1-c1ccccc1. The monoisotopic (exact) mass is 372 g/mol. The van der Waals surface area contributed by atoms with Gasteiger partial charge in [0.2, 0.25) is 0 Å². The van der Waals surface area contributed by atoms with E-state index in [-0.39, 0.29) is 14.1 Å². The van der Waals surface area contributed by atoms with E-state index in [0.717, 1.165) is 15.9 Å². The molecule has 0 aliphatic carbocycles. The van der Waals surface area contributed by atoms with Crippen LogP contribution < -0.4 is 25.8 Å². The number of hydrogen-bond donors (Lipinski definition) is 2. The Morgan fingerprint density at radius 3 is 2.40 bits per heavy atom. The van der Waals surface area contributed by atoms with Gasteiger partial charge in [0.05, 0.1) is 5.69 Å². The lowest BCUT2D eigenvalue weighted by molar-refractivity contribution is -0.114. The number of para-hydroxylation sites is 1. The molecule has 1 aliphatic heterocycles. The molecule has 3 rings (SSSR count). The molecule has 2 aromatic rings. The van der Waals surface area contributed by atoms with E-state index in [4.69, 9.17) is 5.73 Å². The molecule has 1 fully saturated rings. The zero-order chi connectivity index (χ0) is 18.1. The topological polar surface area (TPSA) is 135 Å². The van der Waals surface area contributed by atoms with Crippen molar-refractivity contribution in [2.45, 2.75) is 0 Å². The van der Waals surface area contributed by atoms with Crippen molar-refractivity contribution in [3.05, 3.63) is 49.9 Å². The lowest BCUT2D eigenvalue weighted by atomic mass is 10.3. The number of primary amides is 1. The van der Waals surface area contributed by atoms with Gasteiger partial charge in [-0.15, -0.1) is 11.3 Å². The highest BCUT2D eigenvalue weighted by atomic mass is 32.2. The Kier molecular flexibility index (Phi) is 4.26. The quantitative estimate of drug-likeness (QED) is 0.705. The van der Waals surface area contributed by atoms with Crippen molar-refractivity contribution in [2.24, 2.45) is 5.73 Å². The maximum Gasteiger partial charge on any atom is 0.290 e. The zero-order valence-corrected chi connectivity index (χ0v) is 13.9. The van der Waals surface area contributed by atoms with Crippen LogP contribution in [-0.2, 0) is 9.59 Å². The second kappa shape index (κ2) is 6.39. The first-order valence-corrected chi connectivity index (χ1v) is 8.36. The first-order valence-electron chi connectivity index (χ1n) is 6.73. The molecule has 0 bridgehead atoms. The second-order valence-corrected chi connectivity index (χ2v) is 6.72. The molecule has 0 unspecified atom stereocenters. The summed E-state index contributed by atoms with van der Waals surface area (Å²) in [7, 11) is 0. The first-order chi connectivity index (χ1) is 11.9. The second-order valence-electron chi connectivity index (χ2n) is 4.74. The Balaban J connectivity index is 2.52. The van der Waals surface area contributed by atoms with E-state index in [1.165, 1.54) is 0 Å². The molecule has 8 nitrogen and oxygen atoms in total. The van der Waals surface area contributed by atoms with Crippen LogP contribution in [0.25, 0.3) is 16.2 Å². The Bertz CT molecular complexity index is 1140. The van der Waals surface area contributed by atoms with Crippen molar-refractivity contribution in [1.82, 2.24) is 9.88 Å². The number of thiazole rings is 1. The smallest absolute Gasteiger partial charge is 0.290 e. The van der Waals surface area contributed by atoms with Gasteiger partial charge in [-0.1, -0.05) is 18.2 Å². The number of nitrogens with one attached hydrogen (secondary N) is 1. The third-order valence-corrected chi connectivity index (χ3v) is 5.38. The largest absolute Gasteiger partial charge is 0.365 e. The molecular weight excluding hydrogens is 364 g/mol. The number of hydrogen-bond acceptors (Lipinski definition) is 7. The van der Waals surface area contributed by atoms with Crippen molar-refractivity contribution in [3.63, 3.8) is 0 Å². The molecule has 0 spiro atoms. The number of aromatic nitrogens is 1. The maximum absolute atomic E-state index is 12.8. The van der Waals surface area contributed by atoms with Gasteiger partial charge in [0, 0.05) is 0 Å². The van der Waals surface area contributed by atoms with E-state index in [0.29, 0.717) is 17.4 Å². The van der Waals surface area contributed by atoms with Crippen molar-refractivity contribution in [3.8, 4) is 11.8 Å². The van der Waals surface area contributed by atoms with Gasteiger partial charge in [0.1, 0.15) is 20.2 Å². The number of rotatable bonds is 2. The molecule has 25 heavy (non-hydrogen) atoms. The summed E-state index contributed by atoms with van der Waals surface area (Å²) >= 11 is 1.36. The Morgan fingerprint density at radius 1 is 1.20 bits per heavy atom. The van der Waals surface area contributed by atoms with Crippen LogP contribution in [0.1, 0.15) is 0 Å². The summed E-state index contributed by atoms with van der Waals surface area (Å²) in [5, 5.41) is 10.7. The molecule has 0 atom stereocenters.